The zero-order valence-electron chi connectivity index (χ0n) is 10.9. The summed E-state index contributed by atoms with van der Waals surface area (Å²) in [5, 5.41) is 0. The second kappa shape index (κ2) is 6.24. The Bertz CT molecular complexity index is 461. The lowest BCUT2D eigenvalue weighted by molar-refractivity contribution is -0.124. The van der Waals surface area contributed by atoms with Crippen molar-refractivity contribution in [3.05, 3.63) is 35.4 Å². The van der Waals surface area contributed by atoms with Gasteiger partial charge in [-0.05, 0) is 36.9 Å². The van der Waals surface area contributed by atoms with Crippen LogP contribution in [0.2, 0.25) is 0 Å². The lowest BCUT2D eigenvalue weighted by atomic mass is 9.76. The van der Waals surface area contributed by atoms with Crippen molar-refractivity contribution in [2.75, 3.05) is 6.54 Å². The van der Waals surface area contributed by atoms with Crippen LogP contribution in [0.3, 0.4) is 0 Å². The van der Waals surface area contributed by atoms with E-state index in [1.165, 1.54) is 12.1 Å². The number of ketones is 1. The predicted molar refractivity (Wildman–Crippen MR) is 69.6 cm³/mol. The number of rotatable bonds is 4. The van der Waals surface area contributed by atoms with Crippen LogP contribution in [-0.4, -0.2) is 12.3 Å². The van der Waals surface area contributed by atoms with Gasteiger partial charge in [0.1, 0.15) is 5.78 Å². The third-order valence-electron chi connectivity index (χ3n) is 4.02. The normalized spacial score (nSPS) is 23.3. The van der Waals surface area contributed by atoms with Crippen LogP contribution >= 0.6 is 0 Å². The molecule has 0 heterocycles. The number of hydrogen-bond donors (Lipinski definition) is 1. The molecule has 0 saturated heterocycles. The molecule has 1 aromatic rings. The first-order chi connectivity index (χ1) is 9.13. The first kappa shape index (κ1) is 14.1. The molecule has 0 bridgehead atoms. The maximum Gasteiger partial charge on any atom is 0.162 e. The molecular weight excluding hydrogens is 248 g/mol. The topological polar surface area (TPSA) is 43.1 Å². The van der Waals surface area contributed by atoms with Gasteiger partial charge in [0.15, 0.2) is 11.6 Å². The van der Waals surface area contributed by atoms with Gasteiger partial charge in [0.05, 0.1) is 0 Å². The second-order valence-corrected chi connectivity index (χ2v) is 5.24. The van der Waals surface area contributed by atoms with Crippen molar-refractivity contribution in [2.24, 2.45) is 17.6 Å². The fourth-order valence-corrected chi connectivity index (χ4v) is 2.92. The van der Waals surface area contributed by atoms with Crippen LogP contribution in [0.25, 0.3) is 0 Å². The Labute approximate surface area is 112 Å². The number of carbonyl (C=O) groups is 1. The zero-order valence-corrected chi connectivity index (χ0v) is 10.9. The summed E-state index contributed by atoms with van der Waals surface area (Å²) in [6.07, 6.45) is 3.85. The van der Waals surface area contributed by atoms with Crippen LogP contribution in [-0.2, 0) is 11.2 Å². The Kier molecular flexibility index (Phi) is 4.64. The van der Waals surface area contributed by atoms with Gasteiger partial charge in [-0.3, -0.25) is 4.79 Å². The van der Waals surface area contributed by atoms with Gasteiger partial charge in [0.2, 0.25) is 0 Å². The molecule has 104 valence electrons. The van der Waals surface area contributed by atoms with Gasteiger partial charge in [0, 0.05) is 12.3 Å². The Balaban J connectivity index is 2.09. The van der Waals surface area contributed by atoms with Crippen molar-refractivity contribution in [1.82, 2.24) is 0 Å². The second-order valence-electron chi connectivity index (χ2n) is 5.24. The number of Topliss-reactive ketones (excluding diaryl/α,β-unsaturated/α-hetero) is 1. The third-order valence-corrected chi connectivity index (χ3v) is 4.02. The Morgan fingerprint density at radius 1 is 1.26 bits per heavy atom. The smallest absolute Gasteiger partial charge is 0.162 e. The van der Waals surface area contributed by atoms with Crippen LogP contribution in [0, 0.1) is 23.5 Å². The molecule has 4 heteroatoms. The van der Waals surface area contributed by atoms with Crippen molar-refractivity contribution in [2.45, 2.75) is 32.1 Å². The van der Waals surface area contributed by atoms with Gasteiger partial charge < -0.3 is 5.73 Å². The molecule has 0 amide bonds. The highest BCUT2D eigenvalue weighted by Crippen LogP contribution is 2.31. The van der Waals surface area contributed by atoms with Crippen LogP contribution in [0.15, 0.2) is 18.2 Å². The Hall–Kier alpha value is -1.29. The monoisotopic (exact) mass is 267 g/mol. The fraction of sp³-hybridized carbons (Fsp3) is 0.533. The van der Waals surface area contributed by atoms with E-state index in [-0.39, 0.29) is 29.6 Å². The number of carbonyl (C=O) groups excluding carboxylic acids is 1. The summed E-state index contributed by atoms with van der Waals surface area (Å²) in [5.41, 5.74) is 5.84. The van der Waals surface area contributed by atoms with Gasteiger partial charge in [-0.25, -0.2) is 8.78 Å². The standard InChI is InChI=1S/C15H19F2NO/c16-13-7-3-5-10(15(13)17)8-14(19)12-6-2-1-4-11(12)9-18/h3,5,7,11-12H,1-2,4,6,8-9,18H2. The van der Waals surface area contributed by atoms with Gasteiger partial charge in [-0.15, -0.1) is 0 Å². The molecule has 19 heavy (non-hydrogen) atoms. The minimum absolute atomic E-state index is 0.0142. The maximum atomic E-state index is 13.6. The molecule has 1 fully saturated rings. The van der Waals surface area contributed by atoms with Crippen molar-refractivity contribution >= 4 is 5.78 Å². The van der Waals surface area contributed by atoms with E-state index in [9.17, 15) is 13.6 Å². The first-order valence-corrected chi connectivity index (χ1v) is 6.79. The van der Waals surface area contributed by atoms with Crippen LogP contribution in [0.5, 0.6) is 0 Å². The number of benzene rings is 1. The minimum Gasteiger partial charge on any atom is -0.330 e. The van der Waals surface area contributed by atoms with E-state index >= 15 is 0 Å². The first-order valence-electron chi connectivity index (χ1n) is 6.79. The van der Waals surface area contributed by atoms with E-state index in [1.807, 2.05) is 0 Å². The van der Waals surface area contributed by atoms with E-state index in [2.05, 4.69) is 0 Å². The van der Waals surface area contributed by atoms with Crippen molar-refractivity contribution in [1.29, 1.82) is 0 Å². The fourth-order valence-electron chi connectivity index (χ4n) is 2.92. The molecule has 0 aromatic heterocycles. The molecule has 2 nitrogen and oxygen atoms in total. The van der Waals surface area contributed by atoms with E-state index in [0.29, 0.717) is 6.54 Å². The average molecular weight is 267 g/mol. The van der Waals surface area contributed by atoms with E-state index in [0.717, 1.165) is 31.7 Å². The minimum atomic E-state index is -0.907. The van der Waals surface area contributed by atoms with Crippen molar-refractivity contribution in [3.63, 3.8) is 0 Å². The molecule has 2 rings (SSSR count). The van der Waals surface area contributed by atoms with E-state index in [1.54, 1.807) is 0 Å². The largest absolute Gasteiger partial charge is 0.330 e. The summed E-state index contributed by atoms with van der Waals surface area (Å²) in [5.74, 6) is -1.72. The molecule has 0 aliphatic heterocycles. The van der Waals surface area contributed by atoms with Crippen molar-refractivity contribution < 1.29 is 13.6 Å². The molecular formula is C15H19F2NO. The molecule has 2 atom stereocenters. The molecule has 2 N–H and O–H groups in total. The lowest BCUT2D eigenvalue weighted by Gasteiger charge is -2.29. The number of halogens is 2. The van der Waals surface area contributed by atoms with Gasteiger partial charge in [0.25, 0.3) is 0 Å². The van der Waals surface area contributed by atoms with E-state index in [4.69, 9.17) is 5.73 Å². The maximum absolute atomic E-state index is 13.6. The van der Waals surface area contributed by atoms with Crippen LogP contribution < -0.4 is 5.73 Å². The highest BCUT2D eigenvalue weighted by atomic mass is 19.2. The zero-order chi connectivity index (χ0) is 13.8. The molecule has 0 radical (unpaired) electrons. The van der Waals surface area contributed by atoms with Crippen LogP contribution in [0.4, 0.5) is 8.78 Å². The van der Waals surface area contributed by atoms with E-state index < -0.39 is 11.6 Å². The Morgan fingerprint density at radius 3 is 2.74 bits per heavy atom. The molecule has 2 unspecified atom stereocenters. The summed E-state index contributed by atoms with van der Waals surface area (Å²) in [7, 11) is 0. The highest BCUT2D eigenvalue weighted by molar-refractivity contribution is 5.83. The SMILES string of the molecule is NCC1CCCCC1C(=O)Cc1cccc(F)c1F. The quantitative estimate of drug-likeness (QED) is 0.911. The lowest BCUT2D eigenvalue weighted by Crippen LogP contribution is -2.33. The van der Waals surface area contributed by atoms with Gasteiger partial charge in [-0.1, -0.05) is 25.0 Å². The summed E-state index contributed by atoms with van der Waals surface area (Å²) >= 11 is 0. The summed E-state index contributed by atoms with van der Waals surface area (Å²) in [4.78, 5) is 12.3. The summed E-state index contributed by atoms with van der Waals surface area (Å²) in [6.45, 7) is 0.488. The molecule has 1 saturated carbocycles. The summed E-state index contributed by atoms with van der Waals surface area (Å²) in [6, 6.07) is 3.96. The molecule has 1 aliphatic carbocycles. The third kappa shape index (κ3) is 3.18. The molecule has 1 aromatic carbocycles. The highest BCUT2D eigenvalue weighted by Gasteiger charge is 2.30. The summed E-state index contributed by atoms with van der Waals surface area (Å²) < 4.78 is 26.7. The predicted octanol–water partition coefficient (Wildman–Crippen LogP) is 2.84. The van der Waals surface area contributed by atoms with Gasteiger partial charge in [-0.2, -0.15) is 0 Å². The average Bonchev–Trinajstić information content (AvgIpc) is 2.43. The van der Waals surface area contributed by atoms with Crippen LogP contribution in [0.1, 0.15) is 31.2 Å². The number of nitrogens with two attached hydrogens (primary N) is 1. The number of hydrogen-bond acceptors (Lipinski definition) is 2. The molecule has 1 aliphatic rings. The van der Waals surface area contributed by atoms with Gasteiger partial charge >= 0.3 is 0 Å². The van der Waals surface area contributed by atoms with Crippen molar-refractivity contribution in [3.8, 4) is 0 Å². The molecule has 0 spiro atoms. The Morgan fingerprint density at radius 2 is 2.00 bits per heavy atom.